The molecule has 4 rings (SSSR count). The van der Waals surface area contributed by atoms with E-state index in [1.165, 1.54) is 0 Å². The molecule has 0 aliphatic heterocycles. The van der Waals surface area contributed by atoms with Crippen molar-refractivity contribution in [2.45, 2.75) is 25.4 Å². The molecule has 1 saturated carbocycles. The number of hydrogen-bond donors (Lipinski definition) is 1. The predicted molar refractivity (Wildman–Crippen MR) is 97.1 cm³/mol. The highest BCUT2D eigenvalue weighted by Crippen LogP contribution is 2.38. The van der Waals surface area contributed by atoms with Gasteiger partial charge in [-0.2, -0.15) is 5.10 Å². The van der Waals surface area contributed by atoms with Crippen molar-refractivity contribution in [2.24, 2.45) is 7.05 Å². The molecule has 7 nitrogen and oxygen atoms in total. The standard InChI is InChI=1S/C17H19ClN6O/c1-22-16(12(18)9-21-22)14-15-13(3-2-6-20-15)24(17(14)19)8-7-23(10-25)11-4-5-11/h2-3,6,9-11H,4-5,7-8,19H2,1H3. The summed E-state index contributed by atoms with van der Waals surface area (Å²) in [5, 5.41) is 4.74. The fraction of sp³-hybridized carbons (Fsp3) is 0.353. The number of nitrogens with zero attached hydrogens (tertiary/aromatic N) is 5. The van der Waals surface area contributed by atoms with Gasteiger partial charge in [-0.3, -0.25) is 14.5 Å². The number of pyridine rings is 1. The molecule has 0 atom stereocenters. The van der Waals surface area contributed by atoms with E-state index in [0.717, 1.165) is 41.5 Å². The maximum Gasteiger partial charge on any atom is 0.210 e. The lowest BCUT2D eigenvalue weighted by Crippen LogP contribution is -2.28. The third-order valence-electron chi connectivity index (χ3n) is 4.72. The van der Waals surface area contributed by atoms with Crippen LogP contribution in [0, 0.1) is 0 Å². The van der Waals surface area contributed by atoms with Gasteiger partial charge in [-0.25, -0.2) is 0 Å². The second kappa shape index (κ2) is 6.07. The summed E-state index contributed by atoms with van der Waals surface area (Å²) in [7, 11) is 1.83. The van der Waals surface area contributed by atoms with Crippen LogP contribution in [0.5, 0.6) is 0 Å². The van der Waals surface area contributed by atoms with Crippen molar-refractivity contribution in [1.82, 2.24) is 24.2 Å². The molecule has 0 aromatic carbocycles. The molecule has 0 bridgehead atoms. The van der Waals surface area contributed by atoms with E-state index >= 15 is 0 Å². The number of carbonyl (C=O) groups is 1. The predicted octanol–water partition coefficient (Wildman–Crippen LogP) is 2.29. The Morgan fingerprint density at radius 3 is 2.92 bits per heavy atom. The van der Waals surface area contributed by atoms with E-state index in [9.17, 15) is 4.79 Å². The van der Waals surface area contributed by atoms with Crippen LogP contribution in [0.25, 0.3) is 22.3 Å². The summed E-state index contributed by atoms with van der Waals surface area (Å²) in [4.78, 5) is 17.6. The first-order valence-electron chi connectivity index (χ1n) is 8.23. The maximum absolute atomic E-state index is 11.3. The minimum atomic E-state index is 0.379. The number of fused-ring (bicyclic) bond motifs is 1. The van der Waals surface area contributed by atoms with Gasteiger partial charge >= 0.3 is 0 Å². The van der Waals surface area contributed by atoms with Crippen molar-refractivity contribution < 1.29 is 4.79 Å². The first-order valence-corrected chi connectivity index (χ1v) is 8.61. The van der Waals surface area contributed by atoms with Gasteiger partial charge in [0.05, 0.1) is 33.5 Å². The molecule has 8 heteroatoms. The zero-order chi connectivity index (χ0) is 17.6. The molecule has 1 fully saturated rings. The number of nitrogens with two attached hydrogens (primary N) is 1. The van der Waals surface area contributed by atoms with Crippen molar-refractivity contribution in [3.05, 3.63) is 29.5 Å². The smallest absolute Gasteiger partial charge is 0.210 e. The number of anilines is 1. The highest BCUT2D eigenvalue weighted by Gasteiger charge is 2.28. The Morgan fingerprint density at radius 1 is 1.48 bits per heavy atom. The Bertz CT molecular complexity index is 923. The monoisotopic (exact) mass is 358 g/mol. The molecule has 2 N–H and O–H groups in total. The second-order valence-electron chi connectivity index (χ2n) is 6.32. The first-order chi connectivity index (χ1) is 12.1. The van der Waals surface area contributed by atoms with Crippen LogP contribution in [-0.4, -0.2) is 43.2 Å². The first kappa shape index (κ1) is 16.0. The number of carbonyl (C=O) groups excluding carboxylic acids is 1. The minimum absolute atomic E-state index is 0.379. The van der Waals surface area contributed by atoms with Gasteiger partial charge in [0.2, 0.25) is 6.41 Å². The van der Waals surface area contributed by atoms with Crippen molar-refractivity contribution in [3.63, 3.8) is 0 Å². The molecule has 1 aliphatic carbocycles. The zero-order valence-electron chi connectivity index (χ0n) is 13.9. The second-order valence-corrected chi connectivity index (χ2v) is 6.73. The van der Waals surface area contributed by atoms with Crippen LogP contribution in [0.2, 0.25) is 5.02 Å². The van der Waals surface area contributed by atoms with Gasteiger partial charge < -0.3 is 15.2 Å². The Balaban J connectivity index is 1.80. The molecule has 130 valence electrons. The van der Waals surface area contributed by atoms with E-state index in [2.05, 4.69) is 10.1 Å². The Morgan fingerprint density at radius 2 is 2.28 bits per heavy atom. The third-order valence-corrected chi connectivity index (χ3v) is 5.00. The normalized spacial score (nSPS) is 14.2. The molecule has 1 aliphatic rings. The van der Waals surface area contributed by atoms with E-state index in [1.807, 2.05) is 28.6 Å². The summed E-state index contributed by atoms with van der Waals surface area (Å²) in [6, 6.07) is 4.24. The average molecular weight is 359 g/mol. The summed E-state index contributed by atoms with van der Waals surface area (Å²) in [6.45, 7) is 1.23. The number of nitrogen functional groups attached to an aromatic ring is 1. The Kier molecular flexibility index (Phi) is 3.88. The van der Waals surface area contributed by atoms with Crippen LogP contribution in [0.15, 0.2) is 24.5 Å². The topological polar surface area (TPSA) is 82.0 Å². The summed E-state index contributed by atoms with van der Waals surface area (Å²) >= 11 is 6.33. The Hall–Kier alpha value is -2.54. The van der Waals surface area contributed by atoms with Gasteiger partial charge in [-0.05, 0) is 25.0 Å². The number of rotatable bonds is 6. The van der Waals surface area contributed by atoms with E-state index in [1.54, 1.807) is 17.1 Å². The molecule has 1 amide bonds. The number of aryl methyl sites for hydroxylation is 1. The van der Waals surface area contributed by atoms with Gasteiger partial charge in [-0.15, -0.1) is 0 Å². The lowest BCUT2D eigenvalue weighted by atomic mass is 10.2. The molecule has 0 saturated heterocycles. The summed E-state index contributed by atoms with van der Waals surface area (Å²) in [5.74, 6) is 0.584. The highest BCUT2D eigenvalue weighted by atomic mass is 35.5. The van der Waals surface area contributed by atoms with Gasteiger partial charge in [0.15, 0.2) is 0 Å². The molecule has 0 unspecified atom stereocenters. The fourth-order valence-electron chi connectivity index (χ4n) is 3.30. The van der Waals surface area contributed by atoms with E-state index < -0.39 is 0 Å². The van der Waals surface area contributed by atoms with Crippen LogP contribution in [0.4, 0.5) is 5.82 Å². The van der Waals surface area contributed by atoms with Crippen molar-refractivity contribution in [2.75, 3.05) is 12.3 Å². The summed E-state index contributed by atoms with van der Waals surface area (Å²) < 4.78 is 3.70. The molecule has 3 aromatic rings. The van der Waals surface area contributed by atoms with Crippen LogP contribution in [0.1, 0.15) is 12.8 Å². The number of halogens is 1. The summed E-state index contributed by atoms with van der Waals surface area (Å²) in [6.07, 6.45) is 6.43. The van der Waals surface area contributed by atoms with Crippen molar-refractivity contribution >= 4 is 34.9 Å². The summed E-state index contributed by atoms with van der Waals surface area (Å²) in [5.41, 5.74) is 9.72. The molecule has 25 heavy (non-hydrogen) atoms. The quantitative estimate of drug-likeness (QED) is 0.685. The molecule has 0 spiro atoms. The minimum Gasteiger partial charge on any atom is -0.384 e. The lowest BCUT2D eigenvalue weighted by Gasteiger charge is -2.18. The molecule has 3 aromatic heterocycles. The Labute approximate surface area is 150 Å². The van der Waals surface area contributed by atoms with Crippen molar-refractivity contribution in [1.29, 1.82) is 0 Å². The maximum atomic E-state index is 11.3. The number of aromatic nitrogens is 4. The SMILES string of the molecule is Cn1ncc(Cl)c1-c1c(N)n(CCN(C=O)C2CC2)c2cccnc12. The van der Waals surface area contributed by atoms with E-state index in [4.69, 9.17) is 17.3 Å². The van der Waals surface area contributed by atoms with Crippen molar-refractivity contribution in [3.8, 4) is 11.3 Å². The molecular weight excluding hydrogens is 340 g/mol. The molecular formula is C17H19ClN6O. The lowest BCUT2D eigenvalue weighted by molar-refractivity contribution is -0.118. The van der Waals surface area contributed by atoms with Gasteiger partial charge in [-0.1, -0.05) is 11.6 Å². The highest BCUT2D eigenvalue weighted by molar-refractivity contribution is 6.33. The van der Waals surface area contributed by atoms with Crippen LogP contribution >= 0.6 is 11.6 Å². The zero-order valence-corrected chi connectivity index (χ0v) is 14.6. The van der Waals surface area contributed by atoms with Gasteiger partial charge in [0.25, 0.3) is 0 Å². The third kappa shape index (κ3) is 2.64. The average Bonchev–Trinajstić information content (AvgIpc) is 3.35. The van der Waals surface area contributed by atoms with E-state index in [-0.39, 0.29) is 0 Å². The largest absolute Gasteiger partial charge is 0.384 e. The van der Waals surface area contributed by atoms with Gasteiger partial charge in [0, 0.05) is 32.4 Å². The number of amides is 1. The van der Waals surface area contributed by atoms with Gasteiger partial charge in [0.1, 0.15) is 5.82 Å². The number of hydrogen-bond acceptors (Lipinski definition) is 4. The van der Waals surface area contributed by atoms with Crippen LogP contribution in [-0.2, 0) is 18.4 Å². The molecule has 0 radical (unpaired) electrons. The fourth-order valence-corrected chi connectivity index (χ4v) is 3.56. The van der Waals surface area contributed by atoms with Crippen LogP contribution < -0.4 is 5.73 Å². The molecule has 3 heterocycles. The van der Waals surface area contributed by atoms with Crippen LogP contribution in [0.3, 0.4) is 0 Å². The van der Waals surface area contributed by atoms with E-state index in [0.29, 0.717) is 30.0 Å².